The maximum absolute atomic E-state index is 16.6. The van der Waals surface area contributed by atoms with Gasteiger partial charge < -0.3 is 20.8 Å². The molecule has 0 saturated heterocycles. The first-order valence-corrected chi connectivity index (χ1v) is 19.3. The van der Waals surface area contributed by atoms with Gasteiger partial charge in [0.1, 0.15) is 0 Å². The van der Waals surface area contributed by atoms with Crippen molar-refractivity contribution in [2.75, 3.05) is 6.54 Å². The van der Waals surface area contributed by atoms with E-state index in [1.807, 2.05) is 0 Å². The van der Waals surface area contributed by atoms with Gasteiger partial charge in [0.2, 0.25) is 11.8 Å². The molecule has 6 rings (SSSR count). The zero-order chi connectivity index (χ0) is 45.6. The number of hydrogen-bond acceptors (Lipinski definition) is 6. The van der Waals surface area contributed by atoms with Crippen LogP contribution in [0.2, 0.25) is 0 Å². The fourth-order valence-corrected chi connectivity index (χ4v) is 7.65. The number of unbranched alkanes of at least 4 members (excludes halogenated alkanes) is 1. The van der Waals surface area contributed by atoms with Gasteiger partial charge in [-0.05, 0) is 81.1 Å². The fraction of sp³-hybridized carbons (Fsp3) is 0.273. The molecular formula is C44H38F8N4O6. The van der Waals surface area contributed by atoms with Crippen molar-refractivity contribution in [2.45, 2.75) is 71.8 Å². The van der Waals surface area contributed by atoms with Crippen LogP contribution in [0.1, 0.15) is 95.1 Å². The Hall–Kier alpha value is -6.72. The van der Waals surface area contributed by atoms with Crippen LogP contribution in [-0.2, 0) is 9.59 Å². The van der Waals surface area contributed by atoms with E-state index in [0.29, 0.717) is 58.4 Å². The third kappa shape index (κ3) is 7.62. The molecular weight excluding hydrogens is 832 g/mol. The number of aromatic nitrogens is 2. The Balaban J connectivity index is 1.79. The molecule has 0 spiro atoms. The van der Waals surface area contributed by atoms with Crippen LogP contribution in [0.25, 0.3) is 21.8 Å². The first-order valence-electron chi connectivity index (χ1n) is 19.3. The van der Waals surface area contributed by atoms with Crippen LogP contribution in [0.15, 0.2) is 48.5 Å². The van der Waals surface area contributed by atoms with E-state index in [1.54, 1.807) is 20.8 Å². The van der Waals surface area contributed by atoms with Crippen molar-refractivity contribution in [2.24, 2.45) is 0 Å². The summed E-state index contributed by atoms with van der Waals surface area (Å²) >= 11 is 0. The lowest BCUT2D eigenvalue weighted by Crippen LogP contribution is -2.43. The van der Waals surface area contributed by atoms with Crippen molar-refractivity contribution >= 4 is 45.4 Å². The van der Waals surface area contributed by atoms with E-state index in [9.17, 15) is 47.0 Å². The molecule has 3 unspecified atom stereocenters. The molecule has 6 aromatic rings. The first kappa shape index (κ1) is 44.8. The molecule has 0 fully saturated rings. The number of nitrogens with one attached hydrogen (secondary N) is 2. The molecule has 2 aromatic heterocycles. The maximum Gasteiger partial charge on any atom is 0.262 e. The molecule has 18 heteroatoms. The number of phenols is 2. The second kappa shape index (κ2) is 17.3. The van der Waals surface area contributed by atoms with E-state index >= 15 is 17.6 Å². The van der Waals surface area contributed by atoms with E-state index in [-0.39, 0.29) is 13.0 Å². The number of rotatable bonds is 12. The lowest BCUT2D eigenvalue weighted by Gasteiger charge is -2.29. The number of carbonyl (C=O) groups excluding carboxylic acids is 4. The highest BCUT2D eigenvalue weighted by atomic mass is 19.2. The minimum absolute atomic E-state index is 0.0882. The standard InChI is InChI=1S/C44H38F8N4O6/c1-6-8-13-53-41(59)35(31-19(4)55(29-16-27(49)39(57)37(51)33(29)31)43(61)21-9-11-23(45)25(47)14-21)36(42(60)54-18(3)7-2)32-20(5)56(30-17-28(50)40(58)38(52)34(30)32)44(62)22-10-12-24(46)26(48)15-22/h9-12,14-18,35-36,57-58H,6-8,13H2,1-5H3,(H,53,59)(H,54,60). The molecule has 0 aliphatic rings. The third-order valence-corrected chi connectivity index (χ3v) is 10.9. The Morgan fingerprint density at radius 2 is 1.03 bits per heavy atom. The molecule has 10 nitrogen and oxygen atoms in total. The zero-order valence-electron chi connectivity index (χ0n) is 33.6. The summed E-state index contributed by atoms with van der Waals surface area (Å²) in [7, 11) is 0. The average molecular weight is 871 g/mol. The molecule has 326 valence electrons. The lowest BCUT2D eigenvalue weighted by molar-refractivity contribution is -0.129. The Morgan fingerprint density at radius 3 is 1.42 bits per heavy atom. The highest BCUT2D eigenvalue weighted by Crippen LogP contribution is 2.48. The second-order valence-electron chi connectivity index (χ2n) is 14.8. The van der Waals surface area contributed by atoms with Crippen molar-refractivity contribution < 1.29 is 64.5 Å². The largest absolute Gasteiger partial charge is 0.503 e. The Bertz CT molecular complexity index is 2840. The number of hydrogen-bond donors (Lipinski definition) is 4. The van der Waals surface area contributed by atoms with E-state index in [4.69, 9.17) is 0 Å². The van der Waals surface area contributed by atoms with Crippen molar-refractivity contribution in [3.05, 3.63) is 129 Å². The molecule has 3 atom stereocenters. The minimum Gasteiger partial charge on any atom is -0.503 e. The molecule has 0 aliphatic carbocycles. The van der Waals surface area contributed by atoms with Gasteiger partial charge in [-0.15, -0.1) is 0 Å². The van der Waals surface area contributed by atoms with Gasteiger partial charge in [-0.1, -0.05) is 20.3 Å². The maximum atomic E-state index is 16.6. The minimum atomic E-state index is -2.16. The summed E-state index contributed by atoms with van der Waals surface area (Å²) in [6.07, 6.45) is 1.10. The van der Waals surface area contributed by atoms with Crippen LogP contribution in [0.3, 0.4) is 0 Å². The number of carbonyl (C=O) groups is 4. The second-order valence-corrected chi connectivity index (χ2v) is 14.8. The van der Waals surface area contributed by atoms with Crippen LogP contribution < -0.4 is 10.6 Å². The predicted molar refractivity (Wildman–Crippen MR) is 210 cm³/mol. The van der Waals surface area contributed by atoms with Gasteiger partial charge in [0, 0.05) is 58.0 Å². The molecule has 0 bridgehead atoms. The van der Waals surface area contributed by atoms with Crippen LogP contribution in [-0.4, -0.2) is 55.6 Å². The van der Waals surface area contributed by atoms with Crippen LogP contribution in [0, 0.1) is 60.4 Å². The fourth-order valence-electron chi connectivity index (χ4n) is 7.65. The van der Waals surface area contributed by atoms with Crippen LogP contribution >= 0.6 is 0 Å². The lowest BCUT2D eigenvalue weighted by atomic mass is 9.77. The van der Waals surface area contributed by atoms with E-state index < -0.39 is 155 Å². The van der Waals surface area contributed by atoms with Crippen molar-refractivity contribution in [1.29, 1.82) is 0 Å². The van der Waals surface area contributed by atoms with Gasteiger partial charge in [0.25, 0.3) is 11.8 Å². The highest BCUT2D eigenvalue weighted by Gasteiger charge is 2.45. The normalized spacial score (nSPS) is 13.0. The third-order valence-electron chi connectivity index (χ3n) is 10.9. The topological polar surface area (TPSA) is 143 Å². The Morgan fingerprint density at radius 1 is 0.613 bits per heavy atom. The van der Waals surface area contributed by atoms with Gasteiger partial charge in [0.05, 0.1) is 22.9 Å². The summed E-state index contributed by atoms with van der Waals surface area (Å²) in [5.41, 5.74) is -4.41. The van der Waals surface area contributed by atoms with E-state index in [0.717, 1.165) is 26.0 Å². The number of benzene rings is 4. The molecule has 2 heterocycles. The summed E-state index contributed by atoms with van der Waals surface area (Å²) in [6, 6.07) is 4.31. The molecule has 4 aromatic carbocycles. The summed E-state index contributed by atoms with van der Waals surface area (Å²) in [5, 5.41) is 24.9. The van der Waals surface area contributed by atoms with Crippen molar-refractivity contribution in [3.63, 3.8) is 0 Å². The number of amides is 2. The molecule has 0 radical (unpaired) electrons. The summed E-state index contributed by atoms with van der Waals surface area (Å²) in [5.74, 6) is -24.4. The molecule has 2 amide bonds. The van der Waals surface area contributed by atoms with Crippen LogP contribution in [0.4, 0.5) is 35.1 Å². The monoisotopic (exact) mass is 870 g/mol. The number of phenolic OH excluding ortho intramolecular Hbond substituents is 2. The summed E-state index contributed by atoms with van der Waals surface area (Å²) in [4.78, 5) is 58.3. The van der Waals surface area contributed by atoms with Gasteiger partial charge in [-0.2, -0.15) is 0 Å². The number of halogens is 8. The average Bonchev–Trinajstić information content (AvgIpc) is 3.67. The Labute approximate surface area is 347 Å². The highest BCUT2D eigenvalue weighted by molar-refractivity contribution is 6.10. The molecule has 4 N–H and O–H groups in total. The van der Waals surface area contributed by atoms with Gasteiger partial charge in [-0.25, -0.2) is 35.1 Å². The van der Waals surface area contributed by atoms with E-state index in [2.05, 4.69) is 10.6 Å². The van der Waals surface area contributed by atoms with Gasteiger partial charge >= 0.3 is 0 Å². The Kier molecular flexibility index (Phi) is 12.5. The SMILES string of the molecule is CCCCNC(=O)C(c1c(C)n(C(=O)c2ccc(F)c(F)c2)c2cc(F)c(O)c(F)c12)C(C(=O)NC(C)CC)c1c(C)n(C(=O)c2ccc(F)c(F)c2)c2cc(F)c(O)c(F)c12. The van der Waals surface area contributed by atoms with E-state index in [1.165, 1.54) is 0 Å². The number of nitrogens with zero attached hydrogens (tertiary/aromatic N) is 2. The van der Waals surface area contributed by atoms with Crippen molar-refractivity contribution in [3.8, 4) is 11.5 Å². The van der Waals surface area contributed by atoms with Gasteiger partial charge in [-0.3, -0.25) is 28.3 Å². The number of aromatic hydroxyl groups is 2. The smallest absolute Gasteiger partial charge is 0.262 e. The zero-order valence-corrected chi connectivity index (χ0v) is 33.6. The number of fused-ring (bicyclic) bond motifs is 2. The predicted octanol–water partition coefficient (Wildman–Crippen LogP) is 8.81. The quantitative estimate of drug-likeness (QED) is 0.0716. The molecule has 62 heavy (non-hydrogen) atoms. The first-order chi connectivity index (χ1) is 29.3. The summed E-state index contributed by atoms with van der Waals surface area (Å²) in [6.45, 7) is 7.19. The summed E-state index contributed by atoms with van der Waals surface area (Å²) < 4.78 is 122. The molecule has 0 saturated carbocycles. The van der Waals surface area contributed by atoms with Gasteiger partial charge in [0.15, 0.2) is 58.0 Å². The van der Waals surface area contributed by atoms with Crippen LogP contribution in [0.5, 0.6) is 11.5 Å². The molecule has 0 aliphatic heterocycles. The van der Waals surface area contributed by atoms with Crippen molar-refractivity contribution in [1.82, 2.24) is 19.8 Å².